The molecule has 1 aromatic carbocycles. The molecule has 2 heterocycles. The molecule has 7 heteroatoms. The van der Waals surface area contributed by atoms with Crippen LogP contribution < -0.4 is 16.6 Å². The number of benzene rings is 1. The number of rotatable bonds is 5. The molecule has 0 radical (unpaired) electrons. The van der Waals surface area contributed by atoms with Gasteiger partial charge in [0.25, 0.3) is 11.5 Å². The molecule has 0 spiro atoms. The van der Waals surface area contributed by atoms with Crippen molar-refractivity contribution in [1.29, 1.82) is 0 Å². The van der Waals surface area contributed by atoms with Crippen molar-refractivity contribution in [2.24, 2.45) is 14.1 Å². The molecular weight excluding hydrogens is 356 g/mol. The summed E-state index contributed by atoms with van der Waals surface area (Å²) >= 11 is 0. The van der Waals surface area contributed by atoms with E-state index in [4.69, 9.17) is 0 Å². The number of nitrogens with one attached hydrogen (secondary N) is 1. The lowest BCUT2D eigenvalue weighted by atomic mass is 10.0. The molecule has 0 bridgehead atoms. The Kier molecular flexibility index (Phi) is 6.46. The summed E-state index contributed by atoms with van der Waals surface area (Å²) in [5.41, 5.74) is 0.239. The molecule has 1 amide bonds. The van der Waals surface area contributed by atoms with Crippen molar-refractivity contribution in [3.8, 4) is 0 Å². The van der Waals surface area contributed by atoms with Gasteiger partial charge in [0.05, 0.1) is 6.04 Å². The van der Waals surface area contributed by atoms with E-state index in [0.717, 1.165) is 36.1 Å². The van der Waals surface area contributed by atoms with Crippen molar-refractivity contribution >= 4 is 5.91 Å². The van der Waals surface area contributed by atoms with Crippen LogP contribution in [-0.4, -0.2) is 39.6 Å². The number of hydrogen-bond acceptors (Lipinski definition) is 4. The number of likely N-dealkylation sites (tertiary alicyclic amines) is 1. The topological polar surface area (TPSA) is 76.3 Å². The van der Waals surface area contributed by atoms with Crippen LogP contribution >= 0.6 is 0 Å². The lowest BCUT2D eigenvalue weighted by Crippen LogP contribution is -2.43. The number of carbonyl (C=O) groups excluding carboxylic acids is 1. The van der Waals surface area contributed by atoms with Crippen LogP contribution in [0.2, 0.25) is 0 Å². The average Bonchev–Trinajstić information content (AvgIpc) is 2.99. The fourth-order valence-corrected chi connectivity index (χ4v) is 3.77. The maximum Gasteiger partial charge on any atom is 0.331 e. The van der Waals surface area contributed by atoms with Gasteiger partial charge in [0.1, 0.15) is 5.69 Å². The van der Waals surface area contributed by atoms with Gasteiger partial charge in [-0.15, -0.1) is 0 Å². The first-order chi connectivity index (χ1) is 13.5. The lowest BCUT2D eigenvalue weighted by Gasteiger charge is -2.31. The third-order valence-corrected chi connectivity index (χ3v) is 5.48. The van der Waals surface area contributed by atoms with Crippen molar-refractivity contribution in [2.45, 2.75) is 31.7 Å². The van der Waals surface area contributed by atoms with Gasteiger partial charge in [0.15, 0.2) is 0 Å². The Bertz CT molecular complexity index is 925. The molecular formula is C21H28N4O3. The molecule has 7 nitrogen and oxygen atoms in total. The predicted octanol–water partition coefficient (Wildman–Crippen LogP) is 1.43. The smallest absolute Gasteiger partial charge is 0.331 e. The quantitative estimate of drug-likeness (QED) is 0.846. The van der Waals surface area contributed by atoms with E-state index in [1.807, 2.05) is 18.2 Å². The molecule has 1 saturated heterocycles. The zero-order valence-electron chi connectivity index (χ0n) is 16.6. The fourth-order valence-electron chi connectivity index (χ4n) is 3.77. The molecule has 3 rings (SSSR count). The molecule has 1 unspecified atom stereocenters. The molecule has 1 aromatic heterocycles. The van der Waals surface area contributed by atoms with Gasteiger partial charge in [-0.2, -0.15) is 0 Å². The summed E-state index contributed by atoms with van der Waals surface area (Å²) in [5, 5.41) is 2.94. The van der Waals surface area contributed by atoms with Crippen LogP contribution in [0.4, 0.5) is 0 Å². The Labute approximate surface area is 164 Å². The normalized spacial score (nSPS) is 16.4. The number of aromatic nitrogens is 2. The van der Waals surface area contributed by atoms with Gasteiger partial charge in [-0.25, -0.2) is 4.79 Å². The first-order valence-corrected chi connectivity index (χ1v) is 9.83. The average molecular weight is 384 g/mol. The highest BCUT2D eigenvalue weighted by atomic mass is 16.2. The molecule has 2 aromatic rings. The minimum absolute atomic E-state index is 0.0619. The maximum atomic E-state index is 12.7. The van der Waals surface area contributed by atoms with Crippen molar-refractivity contribution in [3.05, 3.63) is 68.5 Å². The van der Waals surface area contributed by atoms with Crippen LogP contribution in [0, 0.1) is 0 Å². The number of hydrogen-bond donors (Lipinski definition) is 1. The van der Waals surface area contributed by atoms with E-state index in [1.165, 1.54) is 37.6 Å². The summed E-state index contributed by atoms with van der Waals surface area (Å²) in [5.74, 6) is -0.409. The van der Waals surface area contributed by atoms with Crippen molar-refractivity contribution in [3.63, 3.8) is 0 Å². The highest BCUT2D eigenvalue weighted by Crippen LogP contribution is 2.23. The second-order valence-corrected chi connectivity index (χ2v) is 7.36. The predicted molar refractivity (Wildman–Crippen MR) is 108 cm³/mol. The Morgan fingerprint density at radius 2 is 1.64 bits per heavy atom. The van der Waals surface area contributed by atoms with Gasteiger partial charge in [0, 0.05) is 26.7 Å². The maximum absolute atomic E-state index is 12.7. The summed E-state index contributed by atoms with van der Waals surface area (Å²) in [6, 6.07) is 11.4. The highest BCUT2D eigenvalue weighted by Gasteiger charge is 2.23. The van der Waals surface area contributed by atoms with Crippen LogP contribution in [0.25, 0.3) is 0 Å². The zero-order chi connectivity index (χ0) is 20.1. The van der Waals surface area contributed by atoms with E-state index in [1.54, 1.807) is 0 Å². The highest BCUT2D eigenvalue weighted by molar-refractivity contribution is 5.92. The molecule has 1 aliphatic heterocycles. The second kappa shape index (κ2) is 9.01. The standard InChI is InChI=1S/C21H28N4O3/c1-23-17(14-19(26)24(2)21(23)28)20(27)22-15-18(16-10-6-5-7-11-16)25-12-8-3-4-9-13-25/h5-7,10-11,14,18H,3-4,8-9,12-13,15H2,1-2H3,(H,22,27). The second-order valence-electron chi connectivity index (χ2n) is 7.36. The van der Waals surface area contributed by atoms with Crippen LogP contribution in [0.1, 0.15) is 47.8 Å². The number of carbonyl (C=O) groups is 1. The first kappa shape index (κ1) is 20.1. The van der Waals surface area contributed by atoms with Crippen LogP contribution in [0.15, 0.2) is 46.0 Å². The largest absolute Gasteiger partial charge is 0.349 e. The molecule has 150 valence electrons. The van der Waals surface area contributed by atoms with E-state index < -0.39 is 17.2 Å². The van der Waals surface area contributed by atoms with E-state index in [9.17, 15) is 14.4 Å². The monoisotopic (exact) mass is 384 g/mol. The summed E-state index contributed by atoms with van der Waals surface area (Å²) in [6.45, 7) is 2.42. The van der Waals surface area contributed by atoms with Gasteiger partial charge in [-0.05, 0) is 31.5 Å². The number of amides is 1. The van der Waals surface area contributed by atoms with E-state index in [0.29, 0.717) is 6.54 Å². The summed E-state index contributed by atoms with van der Waals surface area (Å²) in [6.07, 6.45) is 4.78. The lowest BCUT2D eigenvalue weighted by molar-refractivity contribution is 0.0923. The third kappa shape index (κ3) is 4.42. The van der Waals surface area contributed by atoms with E-state index in [2.05, 4.69) is 22.3 Å². The molecule has 0 saturated carbocycles. The fraction of sp³-hybridized carbons (Fsp3) is 0.476. The Balaban J connectivity index is 1.81. The molecule has 1 aliphatic rings. The van der Waals surface area contributed by atoms with Crippen LogP contribution in [0.3, 0.4) is 0 Å². The van der Waals surface area contributed by atoms with Gasteiger partial charge >= 0.3 is 5.69 Å². The van der Waals surface area contributed by atoms with Crippen molar-refractivity contribution in [1.82, 2.24) is 19.4 Å². The summed E-state index contributed by atoms with van der Waals surface area (Å²) in [7, 11) is 2.90. The Morgan fingerprint density at radius 1 is 1.00 bits per heavy atom. The molecule has 28 heavy (non-hydrogen) atoms. The molecule has 1 fully saturated rings. The van der Waals surface area contributed by atoms with E-state index in [-0.39, 0.29) is 11.7 Å². The summed E-state index contributed by atoms with van der Waals surface area (Å²) in [4.78, 5) is 39.2. The van der Waals surface area contributed by atoms with Crippen LogP contribution in [-0.2, 0) is 14.1 Å². The van der Waals surface area contributed by atoms with Gasteiger partial charge in [-0.3, -0.25) is 23.6 Å². The van der Waals surface area contributed by atoms with Gasteiger partial charge < -0.3 is 5.32 Å². The molecule has 1 N–H and O–H groups in total. The number of nitrogens with zero attached hydrogens (tertiary/aromatic N) is 3. The van der Waals surface area contributed by atoms with E-state index >= 15 is 0 Å². The minimum Gasteiger partial charge on any atom is -0.349 e. The van der Waals surface area contributed by atoms with Gasteiger partial charge in [0.2, 0.25) is 0 Å². The Morgan fingerprint density at radius 3 is 2.29 bits per heavy atom. The minimum atomic E-state index is -0.509. The third-order valence-electron chi connectivity index (χ3n) is 5.48. The molecule has 1 atom stereocenters. The van der Waals surface area contributed by atoms with Gasteiger partial charge in [-0.1, -0.05) is 43.2 Å². The molecule has 0 aliphatic carbocycles. The van der Waals surface area contributed by atoms with Crippen molar-refractivity contribution < 1.29 is 4.79 Å². The summed E-state index contributed by atoms with van der Waals surface area (Å²) < 4.78 is 2.20. The Hall–Kier alpha value is -2.67. The first-order valence-electron chi connectivity index (χ1n) is 9.83. The van der Waals surface area contributed by atoms with Crippen LogP contribution in [0.5, 0.6) is 0 Å². The SMILES string of the molecule is Cn1c(C(=O)NCC(c2ccccc2)N2CCCCCC2)cc(=O)n(C)c1=O. The zero-order valence-corrected chi connectivity index (χ0v) is 16.6. The van der Waals surface area contributed by atoms with Crippen molar-refractivity contribution in [2.75, 3.05) is 19.6 Å².